The molecule has 1 aromatic carbocycles. The zero-order valence-electron chi connectivity index (χ0n) is 15.8. The molecule has 0 aliphatic carbocycles. The molecule has 6 heteroatoms. The molecule has 0 atom stereocenters. The van der Waals surface area contributed by atoms with Crippen molar-refractivity contribution in [2.75, 3.05) is 18.9 Å². The van der Waals surface area contributed by atoms with E-state index >= 15 is 0 Å². The largest absolute Gasteiger partial charge is 0.340 e. The number of nitrogens with one attached hydrogen (secondary N) is 1. The Bertz CT molecular complexity index is 910. The number of carbonyl (C=O) groups excluding carboxylic acids is 1. The van der Waals surface area contributed by atoms with E-state index in [0.717, 1.165) is 23.2 Å². The Balaban J connectivity index is 1.61. The highest BCUT2D eigenvalue weighted by Crippen LogP contribution is 2.20. The Morgan fingerprint density at radius 1 is 1.04 bits per heavy atom. The van der Waals surface area contributed by atoms with Crippen LogP contribution in [0.25, 0.3) is 0 Å². The first-order chi connectivity index (χ1) is 13.0. The van der Waals surface area contributed by atoms with E-state index in [4.69, 9.17) is 0 Å². The van der Waals surface area contributed by atoms with Gasteiger partial charge in [0.2, 0.25) is 0 Å². The summed E-state index contributed by atoms with van der Waals surface area (Å²) in [5.74, 6) is 0.465. The number of hydrogen-bond donors (Lipinski definition) is 1. The van der Waals surface area contributed by atoms with Crippen LogP contribution in [0, 0.1) is 13.8 Å². The van der Waals surface area contributed by atoms with Gasteiger partial charge in [-0.25, -0.2) is 0 Å². The first-order valence-electron chi connectivity index (χ1n) is 8.85. The smallest absolute Gasteiger partial charge is 0.274 e. The van der Waals surface area contributed by atoms with Gasteiger partial charge < -0.3 is 10.2 Å². The van der Waals surface area contributed by atoms with Crippen molar-refractivity contribution in [3.63, 3.8) is 0 Å². The fraction of sp³-hybridized carbons (Fsp3) is 0.238. The quantitative estimate of drug-likeness (QED) is 0.727. The minimum atomic E-state index is -0.144. The Hall–Kier alpha value is -3.28. The van der Waals surface area contributed by atoms with Gasteiger partial charge in [0.15, 0.2) is 11.5 Å². The number of amides is 1. The van der Waals surface area contributed by atoms with Gasteiger partial charge >= 0.3 is 0 Å². The van der Waals surface area contributed by atoms with E-state index in [9.17, 15) is 4.79 Å². The maximum absolute atomic E-state index is 12.5. The van der Waals surface area contributed by atoms with Gasteiger partial charge in [-0.1, -0.05) is 17.7 Å². The summed E-state index contributed by atoms with van der Waals surface area (Å²) in [4.78, 5) is 18.2. The SMILES string of the molecule is Cc1ccc(Nc2ccc(C(=O)N(C)CCc3ccncc3)nn2)c(C)c1. The third kappa shape index (κ3) is 4.88. The van der Waals surface area contributed by atoms with Crippen molar-refractivity contribution in [1.29, 1.82) is 0 Å². The topological polar surface area (TPSA) is 71.0 Å². The Morgan fingerprint density at radius 3 is 2.48 bits per heavy atom. The predicted octanol–water partition coefficient (Wildman–Crippen LogP) is 3.55. The highest BCUT2D eigenvalue weighted by Gasteiger charge is 2.14. The molecule has 0 aliphatic rings. The molecule has 138 valence electrons. The average molecular weight is 361 g/mol. The average Bonchev–Trinajstić information content (AvgIpc) is 2.69. The zero-order valence-corrected chi connectivity index (χ0v) is 15.8. The molecule has 0 bridgehead atoms. The molecule has 0 spiro atoms. The third-order valence-corrected chi connectivity index (χ3v) is 4.36. The molecule has 0 unspecified atom stereocenters. The van der Waals surface area contributed by atoms with Gasteiger partial charge in [0.05, 0.1) is 0 Å². The summed E-state index contributed by atoms with van der Waals surface area (Å²) in [5, 5.41) is 11.5. The molecule has 2 heterocycles. The molecule has 6 nitrogen and oxygen atoms in total. The molecule has 0 saturated carbocycles. The predicted molar refractivity (Wildman–Crippen MR) is 106 cm³/mol. The van der Waals surface area contributed by atoms with Gasteiger partial charge in [-0.3, -0.25) is 9.78 Å². The number of anilines is 2. The maximum Gasteiger partial charge on any atom is 0.274 e. The number of likely N-dealkylation sites (N-methyl/N-ethyl adjacent to an activating group) is 1. The number of benzene rings is 1. The van der Waals surface area contributed by atoms with E-state index < -0.39 is 0 Å². The number of aromatic nitrogens is 3. The van der Waals surface area contributed by atoms with Crippen LogP contribution >= 0.6 is 0 Å². The van der Waals surface area contributed by atoms with Crippen molar-refractivity contribution in [3.05, 3.63) is 77.2 Å². The molecule has 27 heavy (non-hydrogen) atoms. The van der Waals surface area contributed by atoms with Gasteiger partial charge in [0.25, 0.3) is 5.91 Å². The third-order valence-electron chi connectivity index (χ3n) is 4.36. The summed E-state index contributed by atoms with van der Waals surface area (Å²) in [5.41, 5.74) is 4.79. The summed E-state index contributed by atoms with van der Waals surface area (Å²) in [6.07, 6.45) is 4.28. The van der Waals surface area contributed by atoms with Gasteiger partial charge in [-0.15, -0.1) is 10.2 Å². The van der Waals surface area contributed by atoms with E-state index in [-0.39, 0.29) is 5.91 Å². The first-order valence-corrected chi connectivity index (χ1v) is 8.85. The molecule has 1 N–H and O–H groups in total. The Labute approximate surface area is 159 Å². The molecule has 0 saturated heterocycles. The zero-order chi connectivity index (χ0) is 19.2. The summed E-state index contributed by atoms with van der Waals surface area (Å²) < 4.78 is 0. The van der Waals surface area contributed by atoms with Crippen molar-refractivity contribution >= 4 is 17.4 Å². The van der Waals surface area contributed by atoms with E-state index in [1.165, 1.54) is 5.56 Å². The monoisotopic (exact) mass is 361 g/mol. The molecular formula is C21H23N5O. The van der Waals surface area contributed by atoms with E-state index in [2.05, 4.69) is 33.5 Å². The van der Waals surface area contributed by atoms with Gasteiger partial charge in [-0.05, 0) is 61.7 Å². The highest BCUT2D eigenvalue weighted by molar-refractivity contribution is 5.92. The second kappa shape index (κ2) is 8.40. The van der Waals surface area contributed by atoms with Gasteiger partial charge in [-0.2, -0.15) is 0 Å². The van der Waals surface area contributed by atoms with Crippen LogP contribution in [-0.2, 0) is 6.42 Å². The van der Waals surface area contributed by atoms with Crippen LogP contribution < -0.4 is 5.32 Å². The molecule has 1 amide bonds. The lowest BCUT2D eigenvalue weighted by Crippen LogP contribution is -2.29. The van der Waals surface area contributed by atoms with Crippen LogP contribution in [0.2, 0.25) is 0 Å². The van der Waals surface area contributed by atoms with Crippen LogP contribution in [0.4, 0.5) is 11.5 Å². The summed E-state index contributed by atoms with van der Waals surface area (Å²) in [7, 11) is 1.77. The van der Waals surface area contributed by atoms with Crippen molar-refractivity contribution in [2.24, 2.45) is 0 Å². The van der Waals surface area contributed by atoms with Crippen LogP contribution in [0.15, 0.2) is 54.9 Å². The fourth-order valence-electron chi connectivity index (χ4n) is 2.75. The van der Waals surface area contributed by atoms with Crippen molar-refractivity contribution in [1.82, 2.24) is 20.1 Å². The highest BCUT2D eigenvalue weighted by atomic mass is 16.2. The molecule has 3 aromatic rings. The maximum atomic E-state index is 12.5. The Kier molecular flexibility index (Phi) is 5.76. The lowest BCUT2D eigenvalue weighted by molar-refractivity contribution is 0.0789. The summed E-state index contributed by atoms with van der Waals surface area (Å²) in [6, 6.07) is 13.5. The van der Waals surface area contributed by atoms with E-state index in [0.29, 0.717) is 18.1 Å². The standard InChI is InChI=1S/C21H23N5O/c1-15-4-5-18(16(2)14-15)23-20-7-6-19(24-25-20)21(27)26(3)13-10-17-8-11-22-12-9-17/h4-9,11-12,14H,10,13H2,1-3H3,(H,23,25). The number of pyridine rings is 1. The molecule has 3 rings (SSSR count). The summed E-state index contributed by atoms with van der Waals surface area (Å²) >= 11 is 0. The van der Waals surface area contributed by atoms with Crippen LogP contribution in [-0.4, -0.2) is 39.6 Å². The Morgan fingerprint density at radius 2 is 1.81 bits per heavy atom. The van der Waals surface area contributed by atoms with E-state index in [1.54, 1.807) is 36.5 Å². The second-order valence-electron chi connectivity index (χ2n) is 6.58. The lowest BCUT2D eigenvalue weighted by atomic mass is 10.1. The molecule has 0 fully saturated rings. The number of hydrogen-bond acceptors (Lipinski definition) is 5. The molecule has 2 aromatic heterocycles. The minimum absolute atomic E-state index is 0.144. The first kappa shape index (κ1) is 18.5. The van der Waals surface area contributed by atoms with Crippen LogP contribution in [0.1, 0.15) is 27.2 Å². The van der Waals surface area contributed by atoms with Crippen LogP contribution in [0.5, 0.6) is 0 Å². The molecule has 0 radical (unpaired) electrons. The van der Waals surface area contributed by atoms with Crippen molar-refractivity contribution < 1.29 is 4.79 Å². The molecule has 0 aliphatic heterocycles. The summed E-state index contributed by atoms with van der Waals surface area (Å²) in [6.45, 7) is 4.70. The lowest BCUT2D eigenvalue weighted by Gasteiger charge is -2.16. The second-order valence-corrected chi connectivity index (χ2v) is 6.58. The number of carbonyl (C=O) groups is 1. The number of nitrogens with zero attached hydrogens (tertiary/aromatic N) is 4. The number of aryl methyl sites for hydroxylation is 2. The van der Waals surface area contributed by atoms with E-state index in [1.807, 2.05) is 31.2 Å². The number of rotatable bonds is 6. The fourth-order valence-corrected chi connectivity index (χ4v) is 2.75. The van der Waals surface area contributed by atoms with Gasteiger partial charge in [0, 0.05) is 31.7 Å². The van der Waals surface area contributed by atoms with Crippen LogP contribution in [0.3, 0.4) is 0 Å². The normalized spacial score (nSPS) is 10.5. The minimum Gasteiger partial charge on any atom is -0.340 e. The van der Waals surface area contributed by atoms with Gasteiger partial charge in [0.1, 0.15) is 0 Å². The molecular weight excluding hydrogens is 338 g/mol. The van der Waals surface area contributed by atoms with Crippen molar-refractivity contribution in [2.45, 2.75) is 20.3 Å². The van der Waals surface area contributed by atoms with Crippen molar-refractivity contribution in [3.8, 4) is 0 Å².